The molecular weight excluding hydrogens is 140 g/mol. The van der Waals surface area contributed by atoms with E-state index in [0.717, 1.165) is 12.2 Å². The summed E-state index contributed by atoms with van der Waals surface area (Å²) >= 11 is 0. The van der Waals surface area contributed by atoms with Crippen LogP contribution in [0.1, 0.15) is 5.56 Å². The summed E-state index contributed by atoms with van der Waals surface area (Å²) in [6.45, 7) is 0.177. The molecule has 2 heterocycles. The van der Waals surface area contributed by atoms with Crippen molar-refractivity contribution >= 4 is 5.82 Å². The normalized spacial score (nSPS) is 21.0. The number of rotatable bonds is 1. The highest BCUT2D eigenvalue weighted by Gasteiger charge is 2.19. The summed E-state index contributed by atoms with van der Waals surface area (Å²) in [4.78, 5) is 4.14. The second-order valence-electron chi connectivity index (χ2n) is 2.74. The van der Waals surface area contributed by atoms with Crippen LogP contribution < -0.4 is 5.32 Å². The molecule has 58 valence electrons. The van der Waals surface area contributed by atoms with Crippen molar-refractivity contribution < 1.29 is 5.11 Å². The first kappa shape index (κ1) is 6.61. The molecule has 0 spiro atoms. The van der Waals surface area contributed by atoms with Crippen LogP contribution in [0.25, 0.3) is 0 Å². The Bertz CT molecular complexity index is 237. The monoisotopic (exact) mass is 150 g/mol. The van der Waals surface area contributed by atoms with Crippen LogP contribution in [0, 0.1) is 0 Å². The summed E-state index contributed by atoms with van der Waals surface area (Å²) in [6, 6.07) is 4.12. The van der Waals surface area contributed by atoms with Crippen molar-refractivity contribution in [3.63, 3.8) is 0 Å². The highest BCUT2D eigenvalue weighted by Crippen LogP contribution is 2.21. The van der Waals surface area contributed by atoms with E-state index in [1.54, 1.807) is 6.20 Å². The number of aliphatic hydroxyl groups is 1. The van der Waals surface area contributed by atoms with E-state index in [0.29, 0.717) is 0 Å². The molecule has 1 aliphatic heterocycles. The Balaban J connectivity index is 2.27. The maximum atomic E-state index is 8.85. The number of nitrogens with one attached hydrogen (secondary N) is 1. The van der Waals surface area contributed by atoms with Crippen LogP contribution >= 0.6 is 0 Å². The SMILES string of the molecule is OCC1Cc2cccnc2N1. The van der Waals surface area contributed by atoms with Crippen LogP contribution in [0.2, 0.25) is 0 Å². The Morgan fingerprint density at radius 2 is 2.64 bits per heavy atom. The molecule has 0 amide bonds. The van der Waals surface area contributed by atoms with Crippen molar-refractivity contribution in [1.29, 1.82) is 0 Å². The second kappa shape index (κ2) is 2.51. The fourth-order valence-corrected chi connectivity index (χ4v) is 1.35. The van der Waals surface area contributed by atoms with Gasteiger partial charge in [-0.05, 0) is 18.1 Å². The maximum absolute atomic E-state index is 8.85. The topological polar surface area (TPSA) is 45.2 Å². The fraction of sp³-hybridized carbons (Fsp3) is 0.375. The van der Waals surface area contributed by atoms with Gasteiger partial charge in [0.1, 0.15) is 5.82 Å². The van der Waals surface area contributed by atoms with E-state index in [4.69, 9.17) is 5.11 Å². The molecule has 11 heavy (non-hydrogen) atoms. The Morgan fingerprint density at radius 3 is 3.36 bits per heavy atom. The summed E-state index contributed by atoms with van der Waals surface area (Å²) < 4.78 is 0. The van der Waals surface area contributed by atoms with Gasteiger partial charge in [0.25, 0.3) is 0 Å². The molecule has 0 fully saturated rings. The molecule has 3 heteroatoms. The average Bonchev–Trinajstić information content (AvgIpc) is 2.46. The minimum absolute atomic E-state index is 0.167. The van der Waals surface area contributed by atoms with Crippen molar-refractivity contribution in [3.05, 3.63) is 23.9 Å². The minimum Gasteiger partial charge on any atom is -0.394 e. The highest BCUT2D eigenvalue weighted by atomic mass is 16.3. The number of anilines is 1. The largest absolute Gasteiger partial charge is 0.394 e. The maximum Gasteiger partial charge on any atom is 0.129 e. The number of nitrogens with zero attached hydrogens (tertiary/aromatic N) is 1. The van der Waals surface area contributed by atoms with Gasteiger partial charge in [-0.15, -0.1) is 0 Å². The zero-order valence-electron chi connectivity index (χ0n) is 6.12. The third kappa shape index (κ3) is 1.07. The minimum atomic E-state index is 0.167. The van der Waals surface area contributed by atoms with Gasteiger partial charge in [-0.25, -0.2) is 4.98 Å². The number of hydrogen-bond acceptors (Lipinski definition) is 3. The van der Waals surface area contributed by atoms with E-state index in [1.807, 2.05) is 12.1 Å². The van der Waals surface area contributed by atoms with Crippen molar-refractivity contribution in [2.24, 2.45) is 0 Å². The van der Waals surface area contributed by atoms with E-state index in [2.05, 4.69) is 10.3 Å². The smallest absolute Gasteiger partial charge is 0.129 e. The highest BCUT2D eigenvalue weighted by molar-refractivity contribution is 5.50. The predicted octanol–water partition coefficient (Wildman–Crippen LogP) is 0.410. The van der Waals surface area contributed by atoms with E-state index in [-0.39, 0.29) is 12.6 Å². The number of aromatic nitrogens is 1. The summed E-state index contributed by atoms with van der Waals surface area (Å²) in [5.41, 5.74) is 1.20. The van der Waals surface area contributed by atoms with Gasteiger partial charge in [-0.3, -0.25) is 0 Å². The Labute approximate surface area is 65.1 Å². The molecule has 1 aromatic heterocycles. The molecule has 2 N–H and O–H groups in total. The third-order valence-corrected chi connectivity index (χ3v) is 1.92. The Hall–Kier alpha value is -1.09. The molecule has 2 rings (SSSR count). The zero-order chi connectivity index (χ0) is 7.68. The van der Waals surface area contributed by atoms with Gasteiger partial charge in [0, 0.05) is 6.20 Å². The second-order valence-corrected chi connectivity index (χ2v) is 2.74. The van der Waals surface area contributed by atoms with Gasteiger partial charge < -0.3 is 10.4 Å². The van der Waals surface area contributed by atoms with E-state index < -0.39 is 0 Å². The number of hydrogen-bond donors (Lipinski definition) is 2. The Kier molecular flexibility index (Phi) is 1.51. The van der Waals surface area contributed by atoms with Crippen molar-refractivity contribution in [2.75, 3.05) is 11.9 Å². The lowest BCUT2D eigenvalue weighted by atomic mass is 10.2. The van der Waals surface area contributed by atoms with Crippen LogP contribution in [0.4, 0.5) is 5.82 Å². The van der Waals surface area contributed by atoms with Gasteiger partial charge >= 0.3 is 0 Å². The fourth-order valence-electron chi connectivity index (χ4n) is 1.35. The van der Waals surface area contributed by atoms with Crippen LogP contribution in [-0.2, 0) is 6.42 Å². The quantitative estimate of drug-likeness (QED) is 0.609. The standard InChI is InChI=1S/C8H10N2O/c11-5-7-4-6-2-1-3-9-8(6)10-7/h1-3,7,11H,4-5H2,(H,9,10). The van der Waals surface area contributed by atoms with Crippen LogP contribution in [0.15, 0.2) is 18.3 Å². The first-order valence-electron chi connectivity index (χ1n) is 3.71. The van der Waals surface area contributed by atoms with Crippen LogP contribution in [0.5, 0.6) is 0 Å². The molecule has 1 aliphatic rings. The van der Waals surface area contributed by atoms with E-state index >= 15 is 0 Å². The zero-order valence-corrected chi connectivity index (χ0v) is 6.12. The number of fused-ring (bicyclic) bond motifs is 1. The first-order valence-corrected chi connectivity index (χ1v) is 3.71. The third-order valence-electron chi connectivity index (χ3n) is 1.92. The first-order chi connectivity index (χ1) is 5.40. The van der Waals surface area contributed by atoms with Gasteiger partial charge in [0.15, 0.2) is 0 Å². The number of pyridine rings is 1. The van der Waals surface area contributed by atoms with Crippen LogP contribution in [0.3, 0.4) is 0 Å². The molecule has 0 saturated heterocycles. The summed E-state index contributed by atoms with van der Waals surface area (Å²) in [5, 5.41) is 12.0. The van der Waals surface area contributed by atoms with Gasteiger partial charge in [-0.1, -0.05) is 6.07 Å². The molecule has 1 unspecified atom stereocenters. The Morgan fingerprint density at radius 1 is 1.73 bits per heavy atom. The van der Waals surface area contributed by atoms with E-state index in [1.165, 1.54) is 5.56 Å². The lowest BCUT2D eigenvalue weighted by Gasteiger charge is -2.03. The van der Waals surface area contributed by atoms with Crippen LogP contribution in [-0.4, -0.2) is 22.7 Å². The van der Waals surface area contributed by atoms with Crippen molar-refractivity contribution in [2.45, 2.75) is 12.5 Å². The number of aliphatic hydroxyl groups excluding tert-OH is 1. The molecule has 3 nitrogen and oxygen atoms in total. The molecule has 0 saturated carbocycles. The van der Waals surface area contributed by atoms with Crippen molar-refractivity contribution in [1.82, 2.24) is 4.98 Å². The molecule has 1 atom stereocenters. The predicted molar refractivity (Wildman–Crippen MR) is 42.4 cm³/mol. The van der Waals surface area contributed by atoms with Crippen molar-refractivity contribution in [3.8, 4) is 0 Å². The molecule has 0 bridgehead atoms. The lowest BCUT2D eigenvalue weighted by Crippen LogP contribution is -2.19. The summed E-state index contributed by atoms with van der Waals surface area (Å²) in [6.07, 6.45) is 2.64. The molecule has 0 radical (unpaired) electrons. The summed E-state index contributed by atoms with van der Waals surface area (Å²) in [5.74, 6) is 0.923. The molecule has 0 aliphatic carbocycles. The average molecular weight is 150 g/mol. The van der Waals surface area contributed by atoms with E-state index in [9.17, 15) is 0 Å². The molecular formula is C8H10N2O. The lowest BCUT2D eigenvalue weighted by molar-refractivity contribution is 0.277. The van der Waals surface area contributed by atoms with Gasteiger partial charge in [-0.2, -0.15) is 0 Å². The van der Waals surface area contributed by atoms with Gasteiger partial charge in [0.05, 0.1) is 12.6 Å². The molecule has 1 aromatic rings. The van der Waals surface area contributed by atoms with Gasteiger partial charge in [0.2, 0.25) is 0 Å². The summed E-state index contributed by atoms with van der Waals surface area (Å²) in [7, 11) is 0. The molecule has 0 aromatic carbocycles.